The maximum absolute atomic E-state index is 11.8. The van der Waals surface area contributed by atoms with Crippen molar-refractivity contribution < 1.29 is 9.53 Å². The van der Waals surface area contributed by atoms with Crippen molar-refractivity contribution in [1.82, 2.24) is 0 Å². The summed E-state index contributed by atoms with van der Waals surface area (Å²) in [6, 6.07) is 7.15. The minimum atomic E-state index is -0.471. The van der Waals surface area contributed by atoms with Gasteiger partial charge in [-0.25, -0.2) is 4.79 Å². The van der Waals surface area contributed by atoms with Crippen molar-refractivity contribution >= 4 is 5.97 Å². The molecule has 0 heterocycles. The number of nitrogens with two attached hydrogens (primary N) is 1. The van der Waals surface area contributed by atoms with E-state index in [1.54, 1.807) is 12.1 Å². The van der Waals surface area contributed by atoms with Gasteiger partial charge in [0.15, 0.2) is 0 Å². The molecule has 1 atom stereocenters. The Balaban J connectivity index is 2.88. The predicted molar refractivity (Wildman–Crippen MR) is 64.2 cm³/mol. The summed E-state index contributed by atoms with van der Waals surface area (Å²) in [7, 11) is 0. The van der Waals surface area contributed by atoms with E-state index in [4.69, 9.17) is 10.5 Å². The van der Waals surface area contributed by atoms with Gasteiger partial charge < -0.3 is 10.5 Å². The summed E-state index contributed by atoms with van der Waals surface area (Å²) in [4.78, 5) is 11.8. The van der Waals surface area contributed by atoms with E-state index in [9.17, 15) is 4.79 Å². The first kappa shape index (κ1) is 12.7. The van der Waals surface area contributed by atoms with Gasteiger partial charge in [0.05, 0.1) is 5.56 Å². The molecule has 1 aromatic carbocycles. The molecule has 0 amide bonds. The third kappa shape index (κ3) is 3.66. The second kappa shape index (κ2) is 4.66. The first-order valence-corrected chi connectivity index (χ1v) is 5.38. The lowest BCUT2D eigenvalue weighted by atomic mass is 10.1. The van der Waals surface area contributed by atoms with Gasteiger partial charge in [0.25, 0.3) is 0 Å². The molecule has 1 aromatic rings. The molecule has 1 unspecified atom stereocenters. The van der Waals surface area contributed by atoms with Crippen molar-refractivity contribution in [2.45, 2.75) is 39.3 Å². The smallest absolute Gasteiger partial charge is 0.338 e. The lowest BCUT2D eigenvalue weighted by Crippen LogP contribution is -2.24. The van der Waals surface area contributed by atoms with Gasteiger partial charge in [-0.1, -0.05) is 12.1 Å². The molecule has 1 rings (SSSR count). The SMILES string of the molecule is CC(N)c1cccc(C(=O)OC(C)(C)C)c1. The summed E-state index contributed by atoms with van der Waals surface area (Å²) < 4.78 is 5.28. The third-order valence-corrected chi connectivity index (χ3v) is 2.05. The van der Waals surface area contributed by atoms with E-state index in [0.29, 0.717) is 5.56 Å². The van der Waals surface area contributed by atoms with Crippen LogP contribution in [0.5, 0.6) is 0 Å². The summed E-state index contributed by atoms with van der Waals surface area (Å²) in [5.74, 6) is -0.310. The molecule has 3 heteroatoms. The lowest BCUT2D eigenvalue weighted by molar-refractivity contribution is 0.00694. The zero-order chi connectivity index (χ0) is 12.3. The second-order valence-corrected chi connectivity index (χ2v) is 4.92. The molecule has 0 radical (unpaired) electrons. The fourth-order valence-corrected chi connectivity index (χ4v) is 1.29. The Hall–Kier alpha value is -1.35. The van der Waals surface area contributed by atoms with Crippen LogP contribution in [-0.2, 0) is 4.74 Å². The summed E-state index contributed by atoms with van der Waals surface area (Å²) in [5.41, 5.74) is 6.77. The van der Waals surface area contributed by atoms with E-state index in [0.717, 1.165) is 5.56 Å². The third-order valence-electron chi connectivity index (χ3n) is 2.05. The molecule has 16 heavy (non-hydrogen) atoms. The molecule has 0 aliphatic rings. The molecule has 88 valence electrons. The van der Waals surface area contributed by atoms with Gasteiger partial charge in [0.1, 0.15) is 5.60 Å². The Bertz CT molecular complexity index is 378. The summed E-state index contributed by atoms with van der Waals surface area (Å²) in [6.07, 6.45) is 0. The van der Waals surface area contributed by atoms with E-state index >= 15 is 0 Å². The van der Waals surface area contributed by atoms with Crippen LogP contribution in [0.1, 0.15) is 49.7 Å². The number of ether oxygens (including phenoxy) is 1. The van der Waals surface area contributed by atoms with Crippen molar-refractivity contribution in [3.05, 3.63) is 35.4 Å². The maximum atomic E-state index is 11.8. The first-order chi connectivity index (χ1) is 7.29. The van der Waals surface area contributed by atoms with Crippen molar-refractivity contribution in [1.29, 1.82) is 0 Å². The largest absolute Gasteiger partial charge is 0.456 e. The van der Waals surface area contributed by atoms with Crippen molar-refractivity contribution in [3.8, 4) is 0 Å². The molecule has 0 aliphatic carbocycles. The highest BCUT2D eigenvalue weighted by Gasteiger charge is 2.18. The first-order valence-electron chi connectivity index (χ1n) is 5.38. The number of hydrogen-bond donors (Lipinski definition) is 1. The molecule has 0 aromatic heterocycles. The van der Waals surface area contributed by atoms with Crippen LogP contribution in [0.15, 0.2) is 24.3 Å². The highest BCUT2D eigenvalue weighted by Crippen LogP contribution is 2.15. The van der Waals surface area contributed by atoms with Gasteiger partial charge in [-0.05, 0) is 45.4 Å². The fraction of sp³-hybridized carbons (Fsp3) is 0.462. The number of carbonyl (C=O) groups is 1. The van der Waals surface area contributed by atoms with Crippen LogP contribution < -0.4 is 5.73 Å². The zero-order valence-corrected chi connectivity index (χ0v) is 10.3. The normalized spacial score (nSPS) is 13.3. The number of esters is 1. The Morgan fingerprint density at radius 1 is 1.38 bits per heavy atom. The van der Waals surface area contributed by atoms with Crippen molar-refractivity contribution in [3.63, 3.8) is 0 Å². The van der Waals surface area contributed by atoms with E-state index < -0.39 is 5.60 Å². The molecule has 0 aliphatic heterocycles. The Morgan fingerprint density at radius 3 is 2.50 bits per heavy atom. The van der Waals surface area contributed by atoms with Gasteiger partial charge >= 0.3 is 5.97 Å². The van der Waals surface area contributed by atoms with E-state index in [2.05, 4.69) is 0 Å². The average Bonchev–Trinajstić information content (AvgIpc) is 2.15. The molecular formula is C13H19NO2. The van der Waals surface area contributed by atoms with E-state index in [1.807, 2.05) is 39.8 Å². The quantitative estimate of drug-likeness (QED) is 0.781. The highest BCUT2D eigenvalue weighted by atomic mass is 16.6. The number of benzene rings is 1. The number of rotatable bonds is 2. The lowest BCUT2D eigenvalue weighted by Gasteiger charge is -2.19. The molecule has 0 spiro atoms. The van der Waals surface area contributed by atoms with Crippen LogP contribution in [0.25, 0.3) is 0 Å². The topological polar surface area (TPSA) is 52.3 Å². The molecule has 0 saturated heterocycles. The Kier molecular flexibility index (Phi) is 3.70. The molecule has 0 bridgehead atoms. The van der Waals surface area contributed by atoms with Crippen molar-refractivity contribution in [2.24, 2.45) is 5.73 Å². The van der Waals surface area contributed by atoms with E-state index in [-0.39, 0.29) is 12.0 Å². The summed E-state index contributed by atoms with van der Waals surface area (Å²) in [6.45, 7) is 7.43. The molecular weight excluding hydrogens is 202 g/mol. The molecule has 0 saturated carbocycles. The number of hydrogen-bond acceptors (Lipinski definition) is 3. The molecule has 0 fully saturated rings. The fourth-order valence-electron chi connectivity index (χ4n) is 1.29. The average molecular weight is 221 g/mol. The Labute approximate surface area is 96.6 Å². The van der Waals surface area contributed by atoms with Crippen LogP contribution in [0.4, 0.5) is 0 Å². The standard InChI is InChI=1S/C13H19NO2/c1-9(14)10-6-5-7-11(8-10)12(15)16-13(2,3)4/h5-9H,14H2,1-4H3. The Morgan fingerprint density at radius 2 is 2.00 bits per heavy atom. The molecule has 3 nitrogen and oxygen atoms in total. The van der Waals surface area contributed by atoms with Gasteiger partial charge in [-0.2, -0.15) is 0 Å². The summed E-state index contributed by atoms with van der Waals surface area (Å²) >= 11 is 0. The second-order valence-electron chi connectivity index (χ2n) is 4.92. The van der Waals surface area contributed by atoms with Crippen LogP contribution in [-0.4, -0.2) is 11.6 Å². The van der Waals surface area contributed by atoms with Crippen LogP contribution in [0, 0.1) is 0 Å². The predicted octanol–water partition coefficient (Wildman–Crippen LogP) is 2.66. The highest BCUT2D eigenvalue weighted by molar-refractivity contribution is 5.89. The minimum Gasteiger partial charge on any atom is -0.456 e. The van der Waals surface area contributed by atoms with Gasteiger partial charge in [-0.3, -0.25) is 0 Å². The van der Waals surface area contributed by atoms with Crippen LogP contribution in [0.3, 0.4) is 0 Å². The summed E-state index contributed by atoms with van der Waals surface area (Å²) in [5, 5.41) is 0. The van der Waals surface area contributed by atoms with Crippen LogP contribution in [0.2, 0.25) is 0 Å². The van der Waals surface area contributed by atoms with Gasteiger partial charge in [0.2, 0.25) is 0 Å². The van der Waals surface area contributed by atoms with Crippen molar-refractivity contribution in [2.75, 3.05) is 0 Å². The monoisotopic (exact) mass is 221 g/mol. The molecule has 2 N–H and O–H groups in total. The minimum absolute atomic E-state index is 0.0811. The zero-order valence-electron chi connectivity index (χ0n) is 10.3. The van der Waals surface area contributed by atoms with Crippen LogP contribution >= 0.6 is 0 Å². The van der Waals surface area contributed by atoms with E-state index in [1.165, 1.54) is 0 Å². The van der Waals surface area contributed by atoms with Gasteiger partial charge in [0, 0.05) is 6.04 Å². The number of carbonyl (C=O) groups excluding carboxylic acids is 1. The van der Waals surface area contributed by atoms with Gasteiger partial charge in [-0.15, -0.1) is 0 Å². The maximum Gasteiger partial charge on any atom is 0.338 e.